The second kappa shape index (κ2) is 5.07. The number of hydrazine groups is 1. The summed E-state index contributed by atoms with van der Waals surface area (Å²) in [7, 11) is 0. The van der Waals surface area contributed by atoms with Crippen molar-refractivity contribution in [1.82, 2.24) is 10.4 Å². The monoisotopic (exact) mass is 226 g/mol. The minimum atomic E-state index is 0.842. The Morgan fingerprint density at radius 3 is 2.73 bits per heavy atom. The first kappa shape index (κ1) is 11.1. The van der Waals surface area contributed by atoms with Gasteiger partial charge in [-0.25, -0.2) is 5.01 Å². The molecule has 1 fully saturated rings. The molecule has 0 saturated carbocycles. The summed E-state index contributed by atoms with van der Waals surface area (Å²) in [4.78, 5) is 2.82. The van der Waals surface area contributed by atoms with Gasteiger partial charge >= 0.3 is 0 Å². The van der Waals surface area contributed by atoms with Gasteiger partial charge in [0.25, 0.3) is 0 Å². The number of aryl methyl sites for hydroxylation is 2. The van der Waals surface area contributed by atoms with Gasteiger partial charge in [0, 0.05) is 29.4 Å². The van der Waals surface area contributed by atoms with Gasteiger partial charge in [-0.2, -0.15) is 0 Å². The van der Waals surface area contributed by atoms with Gasteiger partial charge in [0.2, 0.25) is 0 Å². The molecule has 0 aliphatic carbocycles. The summed E-state index contributed by atoms with van der Waals surface area (Å²) in [5.74, 6) is 0. The standard InChI is InChI=1S/C11H18N2OS/c1-9-7-11(10(2)15-9)8-12-13-3-5-14-6-4-13/h7,12H,3-6,8H2,1-2H3. The molecule has 0 spiro atoms. The molecule has 3 nitrogen and oxygen atoms in total. The molecule has 0 bridgehead atoms. The first-order chi connectivity index (χ1) is 7.25. The lowest BCUT2D eigenvalue weighted by molar-refractivity contribution is 0.0105. The quantitative estimate of drug-likeness (QED) is 0.849. The fraction of sp³-hybridized carbons (Fsp3) is 0.636. The highest BCUT2D eigenvalue weighted by molar-refractivity contribution is 7.12. The van der Waals surface area contributed by atoms with Gasteiger partial charge in [0.05, 0.1) is 13.2 Å². The van der Waals surface area contributed by atoms with E-state index in [-0.39, 0.29) is 0 Å². The van der Waals surface area contributed by atoms with Crippen LogP contribution in [0.4, 0.5) is 0 Å². The predicted octanol–water partition coefficient (Wildman–Crippen LogP) is 1.70. The van der Waals surface area contributed by atoms with Crippen molar-refractivity contribution in [2.24, 2.45) is 0 Å². The molecule has 1 aromatic heterocycles. The minimum Gasteiger partial charge on any atom is -0.379 e. The Morgan fingerprint density at radius 2 is 2.13 bits per heavy atom. The molecular weight excluding hydrogens is 208 g/mol. The van der Waals surface area contributed by atoms with Gasteiger partial charge in [0.1, 0.15) is 0 Å². The van der Waals surface area contributed by atoms with Crippen molar-refractivity contribution in [3.63, 3.8) is 0 Å². The summed E-state index contributed by atoms with van der Waals surface area (Å²) in [6.07, 6.45) is 0. The molecule has 2 rings (SSSR count). The molecule has 1 saturated heterocycles. The average Bonchev–Trinajstić information content (AvgIpc) is 2.56. The number of hydrogen-bond acceptors (Lipinski definition) is 4. The van der Waals surface area contributed by atoms with E-state index in [4.69, 9.17) is 4.74 Å². The largest absolute Gasteiger partial charge is 0.379 e. The summed E-state index contributed by atoms with van der Waals surface area (Å²) < 4.78 is 5.30. The highest BCUT2D eigenvalue weighted by Gasteiger charge is 2.10. The maximum absolute atomic E-state index is 5.30. The van der Waals surface area contributed by atoms with E-state index in [1.807, 2.05) is 11.3 Å². The van der Waals surface area contributed by atoms with Crippen LogP contribution in [0.5, 0.6) is 0 Å². The van der Waals surface area contributed by atoms with Crippen LogP contribution >= 0.6 is 11.3 Å². The van der Waals surface area contributed by atoms with Crippen LogP contribution in [0.1, 0.15) is 15.3 Å². The summed E-state index contributed by atoms with van der Waals surface area (Å²) in [6.45, 7) is 8.95. The Balaban J connectivity index is 1.84. The molecule has 1 aliphatic heterocycles. The van der Waals surface area contributed by atoms with E-state index in [2.05, 4.69) is 30.3 Å². The molecular formula is C11H18N2OS. The Kier molecular flexibility index (Phi) is 3.75. The van der Waals surface area contributed by atoms with Crippen molar-refractivity contribution in [3.05, 3.63) is 21.4 Å². The lowest BCUT2D eigenvalue weighted by Crippen LogP contribution is -2.45. The second-order valence-electron chi connectivity index (χ2n) is 3.87. The van der Waals surface area contributed by atoms with E-state index in [1.54, 1.807) is 0 Å². The molecule has 1 aromatic rings. The van der Waals surface area contributed by atoms with Gasteiger partial charge in [-0.15, -0.1) is 11.3 Å². The van der Waals surface area contributed by atoms with Gasteiger partial charge < -0.3 is 4.74 Å². The molecule has 2 heterocycles. The molecule has 0 atom stereocenters. The van der Waals surface area contributed by atoms with E-state index < -0.39 is 0 Å². The zero-order valence-electron chi connectivity index (χ0n) is 9.38. The number of rotatable bonds is 3. The zero-order chi connectivity index (χ0) is 10.7. The minimum absolute atomic E-state index is 0.842. The third-order valence-corrected chi connectivity index (χ3v) is 3.66. The third kappa shape index (κ3) is 3.01. The number of hydrogen-bond donors (Lipinski definition) is 1. The van der Waals surface area contributed by atoms with Crippen molar-refractivity contribution >= 4 is 11.3 Å². The molecule has 15 heavy (non-hydrogen) atoms. The smallest absolute Gasteiger partial charge is 0.0608 e. The van der Waals surface area contributed by atoms with Gasteiger partial charge in [-0.3, -0.25) is 5.43 Å². The van der Waals surface area contributed by atoms with E-state index in [1.165, 1.54) is 15.3 Å². The number of morpholine rings is 1. The van der Waals surface area contributed by atoms with Crippen LogP contribution in [-0.2, 0) is 11.3 Å². The molecule has 1 aliphatic rings. The van der Waals surface area contributed by atoms with E-state index in [0.717, 1.165) is 32.8 Å². The lowest BCUT2D eigenvalue weighted by atomic mass is 10.2. The highest BCUT2D eigenvalue weighted by Crippen LogP contribution is 2.20. The first-order valence-corrected chi connectivity index (χ1v) is 6.19. The zero-order valence-corrected chi connectivity index (χ0v) is 10.2. The maximum atomic E-state index is 5.30. The maximum Gasteiger partial charge on any atom is 0.0608 e. The Labute approximate surface area is 95.0 Å². The van der Waals surface area contributed by atoms with Crippen LogP contribution in [0.25, 0.3) is 0 Å². The lowest BCUT2D eigenvalue weighted by Gasteiger charge is -2.27. The molecule has 0 aromatic carbocycles. The predicted molar refractivity (Wildman–Crippen MR) is 63.0 cm³/mol. The highest BCUT2D eigenvalue weighted by atomic mass is 32.1. The van der Waals surface area contributed by atoms with E-state index in [9.17, 15) is 0 Å². The fourth-order valence-electron chi connectivity index (χ4n) is 1.78. The van der Waals surface area contributed by atoms with Gasteiger partial charge in [-0.1, -0.05) is 0 Å². The van der Waals surface area contributed by atoms with Crippen LogP contribution < -0.4 is 5.43 Å². The third-order valence-electron chi connectivity index (χ3n) is 2.65. The van der Waals surface area contributed by atoms with Gasteiger partial charge in [-0.05, 0) is 25.5 Å². The second-order valence-corrected chi connectivity index (χ2v) is 5.33. The van der Waals surface area contributed by atoms with Crippen LogP contribution in [0, 0.1) is 13.8 Å². The normalized spacial score (nSPS) is 18.3. The molecule has 4 heteroatoms. The van der Waals surface area contributed by atoms with Crippen molar-refractivity contribution in [3.8, 4) is 0 Å². The number of ether oxygens (including phenoxy) is 1. The fourth-order valence-corrected chi connectivity index (χ4v) is 2.72. The SMILES string of the molecule is Cc1cc(CNN2CCOCC2)c(C)s1. The van der Waals surface area contributed by atoms with Crippen LogP contribution in [0.2, 0.25) is 0 Å². The Bertz CT molecular complexity index is 318. The summed E-state index contributed by atoms with van der Waals surface area (Å²) in [5, 5.41) is 2.25. The molecule has 0 amide bonds. The van der Waals surface area contributed by atoms with E-state index >= 15 is 0 Å². The van der Waals surface area contributed by atoms with Crippen molar-refractivity contribution in [2.45, 2.75) is 20.4 Å². The molecule has 1 N–H and O–H groups in total. The van der Waals surface area contributed by atoms with Crippen LogP contribution in [0.3, 0.4) is 0 Å². The molecule has 0 unspecified atom stereocenters. The van der Waals surface area contributed by atoms with Gasteiger partial charge in [0.15, 0.2) is 0 Å². The Morgan fingerprint density at radius 1 is 1.40 bits per heavy atom. The van der Waals surface area contributed by atoms with Crippen LogP contribution in [0.15, 0.2) is 6.07 Å². The number of nitrogens with zero attached hydrogens (tertiary/aromatic N) is 1. The molecule has 0 radical (unpaired) electrons. The Hall–Kier alpha value is -0.420. The van der Waals surface area contributed by atoms with Crippen molar-refractivity contribution < 1.29 is 4.74 Å². The summed E-state index contributed by atoms with van der Waals surface area (Å²) >= 11 is 1.87. The topological polar surface area (TPSA) is 24.5 Å². The summed E-state index contributed by atoms with van der Waals surface area (Å²) in [6, 6.07) is 2.27. The van der Waals surface area contributed by atoms with Crippen molar-refractivity contribution in [2.75, 3.05) is 26.3 Å². The van der Waals surface area contributed by atoms with E-state index in [0.29, 0.717) is 0 Å². The van der Waals surface area contributed by atoms with Crippen LogP contribution in [-0.4, -0.2) is 31.3 Å². The van der Waals surface area contributed by atoms with Crippen molar-refractivity contribution in [1.29, 1.82) is 0 Å². The number of thiophene rings is 1. The summed E-state index contributed by atoms with van der Waals surface area (Å²) in [5.41, 5.74) is 4.87. The average molecular weight is 226 g/mol. The number of nitrogens with one attached hydrogen (secondary N) is 1. The molecule has 84 valence electrons. The first-order valence-electron chi connectivity index (χ1n) is 5.38.